The van der Waals surface area contributed by atoms with Crippen LogP contribution >= 0.6 is 0 Å². The highest BCUT2D eigenvalue weighted by Crippen LogP contribution is 2.42. The molecule has 3 atom stereocenters. The lowest BCUT2D eigenvalue weighted by Gasteiger charge is -2.35. The average molecular weight is 342 g/mol. The molecule has 1 saturated carbocycles. The first-order valence-corrected chi connectivity index (χ1v) is 9.48. The van der Waals surface area contributed by atoms with Gasteiger partial charge in [0.25, 0.3) is 0 Å². The number of hydrogen-bond donors (Lipinski definition) is 2. The molecule has 3 unspecified atom stereocenters. The van der Waals surface area contributed by atoms with E-state index in [0.717, 1.165) is 44.9 Å². The van der Waals surface area contributed by atoms with Gasteiger partial charge in [-0.3, -0.25) is 9.79 Å². The number of nitrogens with zero attached hydrogens (tertiary/aromatic N) is 2. The minimum absolute atomic E-state index is 0.199. The molecule has 1 aliphatic carbocycles. The number of guanidine groups is 1. The molecule has 1 aromatic carbocycles. The van der Waals surface area contributed by atoms with Crippen LogP contribution in [0, 0.1) is 12.8 Å². The van der Waals surface area contributed by atoms with Gasteiger partial charge >= 0.3 is 0 Å². The number of aliphatic imine (C=N–C) groups is 1. The molecule has 1 heterocycles. The number of aryl methyl sites for hydroxylation is 1. The van der Waals surface area contributed by atoms with Crippen LogP contribution in [0.5, 0.6) is 0 Å². The SMILES string of the molecule is CCN=C(NC1CC1c1ccccc1C)N1CCCC(CC(N)=O)C1. The predicted octanol–water partition coefficient (Wildman–Crippen LogP) is 2.40. The zero-order valence-corrected chi connectivity index (χ0v) is 15.4. The quantitative estimate of drug-likeness (QED) is 0.638. The van der Waals surface area contributed by atoms with Crippen molar-refractivity contribution >= 4 is 11.9 Å². The van der Waals surface area contributed by atoms with E-state index in [1.807, 2.05) is 0 Å². The van der Waals surface area contributed by atoms with Gasteiger partial charge < -0.3 is 16.0 Å². The Kier molecular flexibility index (Phi) is 5.61. The maximum absolute atomic E-state index is 11.2. The van der Waals surface area contributed by atoms with E-state index in [-0.39, 0.29) is 5.91 Å². The number of hydrogen-bond acceptors (Lipinski definition) is 2. The van der Waals surface area contributed by atoms with Gasteiger partial charge in [0.1, 0.15) is 0 Å². The number of nitrogens with one attached hydrogen (secondary N) is 1. The Bertz CT molecular complexity index is 642. The van der Waals surface area contributed by atoms with Crippen LogP contribution in [0.1, 0.15) is 49.7 Å². The molecular formula is C20H30N4O. The molecule has 2 aliphatic rings. The molecule has 3 N–H and O–H groups in total. The van der Waals surface area contributed by atoms with Crippen LogP contribution in [0.3, 0.4) is 0 Å². The summed E-state index contributed by atoms with van der Waals surface area (Å²) < 4.78 is 0. The molecule has 0 spiro atoms. The van der Waals surface area contributed by atoms with E-state index < -0.39 is 0 Å². The first-order chi connectivity index (χ1) is 12.1. The van der Waals surface area contributed by atoms with Crippen LogP contribution in [-0.4, -0.2) is 42.4 Å². The molecule has 136 valence electrons. The number of piperidine rings is 1. The van der Waals surface area contributed by atoms with Gasteiger partial charge in [0.15, 0.2) is 5.96 Å². The molecule has 0 aromatic heterocycles. The van der Waals surface area contributed by atoms with Crippen molar-refractivity contribution in [1.82, 2.24) is 10.2 Å². The van der Waals surface area contributed by atoms with E-state index >= 15 is 0 Å². The first-order valence-electron chi connectivity index (χ1n) is 9.48. The van der Waals surface area contributed by atoms with Crippen molar-refractivity contribution in [3.63, 3.8) is 0 Å². The number of carbonyl (C=O) groups excluding carboxylic acids is 1. The van der Waals surface area contributed by atoms with Crippen molar-refractivity contribution in [2.24, 2.45) is 16.6 Å². The summed E-state index contributed by atoms with van der Waals surface area (Å²) in [5.41, 5.74) is 8.20. The van der Waals surface area contributed by atoms with Crippen molar-refractivity contribution < 1.29 is 4.79 Å². The highest BCUT2D eigenvalue weighted by molar-refractivity contribution is 5.81. The Morgan fingerprint density at radius 3 is 2.92 bits per heavy atom. The third-order valence-electron chi connectivity index (χ3n) is 5.31. The third-order valence-corrected chi connectivity index (χ3v) is 5.31. The minimum atomic E-state index is -0.199. The van der Waals surface area contributed by atoms with Gasteiger partial charge in [-0.25, -0.2) is 0 Å². The molecule has 3 rings (SSSR count). The summed E-state index contributed by atoms with van der Waals surface area (Å²) >= 11 is 0. The minimum Gasteiger partial charge on any atom is -0.370 e. The van der Waals surface area contributed by atoms with Gasteiger partial charge in [-0.15, -0.1) is 0 Å². The van der Waals surface area contributed by atoms with Crippen LogP contribution < -0.4 is 11.1 Å². The molecule has 0 radical (unpaired) electrons. The number of likely N-dealkylation sites (tertiary alicyclic amines) is 1. The van der Waals surface area contributed by atoms with Gasteiger partial charge in [-0.2, -0.15) is 0 Å². The maximum atomic E-state index is 11.2. The second-order valence-electron chi connectivity index (χ2n) is 7.37. The largest absolute Gasteiger partial charge is 0.370 e. The van der Waals surface area contributed by atoms with Crippen molar-refractivity contribution in [2.75, 3.05) is 19.6 Å². The monoisotopic (exact) mass is 342 g/mol. The van der Waals surface area contributed by atoms with Crippen LogP contribution in [-0.2, 0) is 4.79 Å². The molecule has 1 aliphatic heterocycles. The van der Waals surface area contributed by atoms with E-state index in [2.05, 4.69) is 48.3 Å². The smallest absolute Gasteiger partial charge is 0.217 e. The molecule has 1 aromatic rings. The summed E-state index contributed by atoms with van der Waals surface area (Å²) in [6.45, 7) is 6.89. The van der Waals surface area contributed by atoms with Crippen molar-refractivity contribution in [2.45, 2.75) is 51.5 Å². The standard InChI is InChI=1S/C20H30N4O/c1-3-22-20(24-10-6-8-15(13-24)11-19(21)25)23-18-12-17(18)16-9-5-4-7-14(16)2/h4-5,7,9,15,17-18H,3,6,8,10-13H2,1-2H3,(H2,21,25)(H,22,23). The summed E-state index contributed by atoms with van der Waals surface area (Å²) in [6.07, 6.45) is 3.81. The Hall–Kier alpha value is -2.04. The molecule has 2 fully saturated rings. The zero-order chi connectivity index (χ0) is 17.8. The fraction of sp³-hybridized carbons (Fsp3) is 0.600. The topological polar surface area (TPSA) is 70.7 Å². The Morgan fingerprint density at radius 2 is 2.20 bits per heavy atom. The highest BCUT2D eigenvalue weighted by Gasteiger charge is 2.40. The Balaban J connectivity index is 1.62. The Morgan fingerprint density at radius 1 is 1.40 bits per heavy atom. The van der Waals surface area contributed by atoms with Crippen molar-refractivity contribution in [3.05, 3.63) is 35.4 Å². The Labute approximate surface area is 150 Å². The predicted molar refractivity (Wildman–Crippen MR) is 102 cm³/mol. The molecule has 1 saturated heterocycles. The van der Waals surface area contributed by atoms with Crippen molar-refractivity contribution in [1.29, 1.82) is 0 Å². The maximum Gasteiger partial charge on any atom is 0.217 e. The first kappa shape index (κ1) is 17.8. The van der Waals surface area contributed by atoms with Gasteiger partial charge in [0.2, 0.25) is 5.91 Å². The number of rotatable bonds is 5. The van der Waals surface area contributed by atoms with Gasteiger partial charge in [0.05, 0.1) is 0 Å². The van der Waals surface area contributed by atoms with E-state index in [1.165, 1.54) is 11.1 Å². The molecule has 0 bridgehead atoms. The summed E-state index contributed by atoms with van der Waals surface area (Å²) in [6, 6.07) is 9.10. The molecule has 5 heteroatoms. The molecular weight excluding hydrogens is 312 g/mol. The summed E-state index contributed by atoms with van der Waals surface area (Å²) in [5, 5.41) is 3.67. The van der Waals surface area contributed by atoms with E-state index in [1.54, 1.807) is 0 Å². The van der Waals surface area contributed by atoms with Crippen molar-refractivity contribution in [3.8, 4) is 0 Å². The van der Waals surface area contributed by atoms with E-state index in [0.29, 0.717) is 24.3 Å². The molecule has 1 amide bonds. The van der Waals surface area contributed by atoms with Crippen LogP contribution in [0.15, 0.2) is 29.3 Å². The van der Waals surface area contributed by atoms with E-state index in [9.17, 15) is 4.79 Å². The fourth-order valence-electron chi connectivity index (χ4n) is 3.96. The summed E-state index contributed by atoms with van der Waals surface area (Å²) in [7, 11) is 0. The number of nitrogens with two attached hydrogens (primary N) is 1. The van der Waals surface area contributed by atoms with Crippen LogP contribution in [0.25, 0.3) is 0 Å². The summed E-state index contributed by atoms with van der Waals surface area (Å²) in [4.78, 5) is 18.3. The molecule has 25 heavy (non-hydrogen) atoms. The fourth-order valence-corrected chi connectivity index (χ4v) is 3.96. The van der Waals surface area contributed by atoms with Crippen LogP contribution in [0.4, 0.5) is 0 Å². The lowest BCUT2D eigenvalue weighted by Crippen LogP contribution is -2.48. The summed E-state index contributed by atoms with van der Waals surface area (Å²) in [5.74, 6) is 1.73. The zero-order valence-electron chi connectivity index (χ0n) is 15.4. The number of carbonyl (C=O) groups is 1. The van der Waals surface area contributed by atoms with Crippen LogP contribution in [0.2, 0.25) is 0 Å². The van der Waals surface area contributed by atoms with Gasteiger partial charge in [-0.05, 0) is 50.2 Å². The molecule has 5 nitrogen and oxygen atoms in total. The normalized spacial score (nSPS) is 26.4. The van der Waals surface area contributed by atoms with E-state index in [4.69, 9.17) is 10.7 Å². The highest BCUT2D eigenvalue weighted by atomic mass is 16.1. The third kappa shape index (κ3) is 4.53. The second-order valence-corrected chi connectivity index (χ2v) is 7.37. The number of amides is 1. The number of primary amides is 1. The number of benzene rings is 1. The van der Waals surface area contributed by atoms with Gasteiger partial charge in [-0.1, -0.05) is 24.3 Å². The second kappa shape index (κ2) is 7.89. The lowest BCUT2D eigenvalue weighted by atomic mass is 9.95. The van der Waals surface area contributed by atoms with Gasteiger partial charge in [0, 0.05) is 38.0 Å². The lowest BCUT2D eigenvalue weighted by molar-refractivity contribution is -0.119. The average Bonchev–Trinajstić information content (AvgIpc) is 3.33.